The number of nitrogen functional groups attached to an aromatic ring is 1. The minimum atomic E-state index is 0.381. The zero-order valence-electron chi connectivity index (χ0n) is 7.09. The Morgan fingerprint density at radius 2 is 2.21 bits per heavy atom. The third-order valence-corrected chi connectivity index (χ3v) is 2.80. The summed E-state index contributed by atoms with van der Waals surface area (Å²) in [5.41, 5.74) is 7.17. The second kappa shape index (κ2) is 3.63. The largest absolute Gasteiger partial charge is 0.369 e. The summed E-state index contributed by atoms with van der Waals surface area (Å²) in [5, 5.41) is 0.656. The molecule has 0 atom stereocenters. The summed E-state index contributed by atoms with van der Waals surface area (Å²) in [6, 6.07) is 5.60. The van der Waals surface area contributed by atoms with E-state index >= 15 is 0 Å². The average molecular weight is 273 g/mol. The summed E-state index contributed by atoms with van der Waals surface area (Å²) in [6.07, 6.45) is 1.65. The first kappa shape index (κ1) is 9.55. The van der Waals surface area contributed by atoms with Crippen LogP contribution in [0.5, 0.6) is 0 Å². The van der Waals surface area contributed by atoms with Crippen molar-refractivity contribution in [3.63, 3.8) is 0 Å². The predicted octanol–water partition coefficient (Wildman–Crippen LogP) is 3.07. The van der Waals surface area contributed by atoms with Crippen LogP contribution >= 0.6 is 27.5 Å². The van der Waals surface area contributed by atoms with Gasteiger partial charge in [0.2, 0.25) is 0 Å². The fourth-order valence-electron chi connectivity index (χ4n) is 1.22. The molecule has 0 unspecified atom stereocenters. The lowest BCUT2D eigenvalue weighted by Gasteiger charge is -2.03. The second-order valence-electron chi connectivity index (χ2n) is 2.78. The maximum Gasteiger partial charge on any atom is 0.197 e. The fourth-order valence-corrected chi connectivity index (χ4v) is 2.19. The molecule has 1 aromatic heterocycles. The number of rotatable bonds is 1. The molecular formula is C9H7BrClN3. The van der Waals surface area contributed by atoms with Crippen LogP contribution in [0.2, 0.25) is 5.02 Å². The molecule has 0 bridgehead atoms. The number of benzene rings is 1. The van der Waals surface area contributed by atoms with Crippen molar-refractivity contribution in [3.05, 3.63) is 33.9 Å². The fraction of sp³-hybridized carbons (Fsp3) is 0. The van der Waals surface area contributed by atoms with Gasteiger partial charge in [-0.1, -0.05) is 33.6 Å². The van der Waals surface area contributed by atoms with Crippen molar-refractivity contribution in [1.29, 1.82) is 0 Å². The van der Waals surface area contributed by atoms with E-state index in [1.807, 2.05) is 18.2 Å². The monoisotopic (exact) mass is 271 g/mol. The SMILES string of the molecule is Nc1ncc(-c2c(Cl)cccc2Br)[nH]1. The molecule has 0 aliphatic carbocycles. The molecule has 0 aliphatic heterocycles. The van der Waals surface area contributed by atoms with Gasteiger partial charge in [-0.25, -0.2) is 4.98 Å². The van der Waals surface area contributed by atoms with E-state index in [0.29, 0.717) is 11.0 Å². The van der Waals surface area contributed by atoms with E-state index in [1.165, 1.54) is 0 Å². The Balaban J connectivity index is 2.61. The highest BCUT2D eigenvalue weighted by Gasteiger charge is 2.09. The van der Waals surface area contributed by atoms with Crippen molar-refractivity contribution in [1.82, 2.24) is 9.97 Å². The number of aromatic amines is 1. The lowest BCUT2D eigenvalue weighted by Crippen LogP contribution is -1.86. The van der Waals surface area contributed by atoms with Crippen LogP contribution in [0, 0.1) is 0 Å². The van der Waals surface area contributed by atoms with Gasteiger partial charge >= 0.3 is 0 Å². The van der Waals surface area contributed by atoms with E-state index in [9.17, 15) is 0 Å². The van der Waals surface area contributed by atoms with Gasteiger partial charge in [-0.2, -0.15) is 0 Å². The lowest BCUT2D eigenvalue weighted by molar-refractivity contribution is 1.32. The van der Waals surface area contributed by atoms with Crippen LogP contribution in [0.4, 0.5) is 5.95 Å². The number of nitrogens with two attached hydrogens (primary N) is 1. The van der Waals surface area contributed by atoms with Gasteiger partial charge in [0.1, 0.15) is 0 Å². The summed E-state index contributed by atoms with van der Waals surface area (Å²) < 4.78 is 0.911. The number of aromatic nitrogens is 2. The molecule has 0 fully saturated rings. The highest BCUT2D eigenvalue weighted by Crippen LogP contribution is 2.33. The van der Waals surface area contributed by atoms with Crippen LogP contribution in [0.3, 0.4) is 0 Å². The maximum atomic E-state index is 6.05. The van der Waals surface area contributed by atoms with Crippen molar-refractivity contribution in [2.24, 2.45) is 0 Å². The van der Waals surface area contributed by atoms with Gasteiger partial charge < -0.3 is 10.7 Å². The molecule has 0 amide bonds. The van der Waals surface area contributed by atoms with E-state index in [4.69, 9.17) is 17.3 Å². The molecule has 2 rings (SSSR count). The van der Waals surface area contributed by atoms with Gasteiger partial charge in [-0.05, 0) is 12.1 Å². The van der Waals surface area contributed by atoms with Crippen molar-refractivity contribution in [3.8, 4) is 11.3 Å². The number of anilines is 1. The molecule has 3 N–H and O–H groups in total. The van der Waals surface area contributed by atoms with E-state index in [-0.39, 0.29) is 0 Å². The number of H-pyrrole nitrogens is 1. The number of nitrogens with zero attached hydrogens (tertiary/aromatic N) is 1. The van der Waals surface area contributed by atoms with Crippen molar-refractivity contribution in [2.75, 3.05) is 5.73 Å². The van der Waals surface area contributed by atoms with Gasteiger partial charge in [-0.15, -0.1) is 0 Å². The second-order valence-corrected chi connectivity index (χ2v) is 4.04. The Morgan fingerprint density at radius 1 is 1.43 bits per heavy atom. The van der Waals surface area contributed by atoms with Gasteiger partial charge in [0.05, 0.1) is 16.9 Å². The van der Waals surface area contributed by atoms with Crippen LogP contribution in [0.15, 0.2) is 28.9 Å². The van der Waals surface area contributed by atoms with Crippen LogP contribution in [0.25, 0.3) is 11.3 Å². The molecular weight excluding hydrogens is 265 g/mol. The molecule has 0 spiro atoms. The summed E-state index contributed by atoms with van der Waals surface area (Å²) >= 11 is 9.47. The molecule has 0 saturated heterocycles. The molecule has 72 valence electrons. The van der Waals surface area contributed by atoms with Crippen molar-refractivity contribution in [2.45, 2.75) is 0 Å². The first-order valence-corrected chi connectivity index (χ1v) is 5.10. The van der Waals surface area contributed by atoms with E-state index < -0.39 is 0 Å². The van der Waals surface area contributed by atoms with E-state index in [1.54, 1.807) is 6.20 Å². The van der Waals surface area contributed by atoms with Gasteiger partial charge in [0, 0.05) is 10.0 Å². The Morgan fingerprint density at radius 3 is 2.79 bits per heavy atom. The zero-order chi connectivity index (χ0) is 10.1. The standard InChI is InChI=1S/C9H7BrClN3/c10-5-2-1-3-6(11)8(5)7-4-13-9(12)14-7/h1-4H,(H3,12,13,14). The molecule has 3 nitrogen and oxygen atoms in total. The van der Waals surface area contributed by atoms with Crippen molar-refractivity contribution >= 4 is 33.5 Å². The number of nitrogens with one attached hydrogen (secondary N) is 1. The van der Waals surface area contributed by atoms with Crippen LogP contribution in [0.1, 0.15) is 0 Å². The summed E-state index contributed by atoms with van der Waals surface area (Å²) in [4.78, 5) is 6.84. The number of imidazole rings is 1. The first-order valence-electron chi connectivity index (χ1n) is 3.93. The van der Waals surface area contributed by atoms with E-state index in [0.717, 1.165) is 15.7 Å². The molecule has 0 aliphatic rings. The molecule has 0 saturated carbocycles. The molecule has 1 heterocycles. The predicted molar refractivity (Wildman–Crippen MR) is 61.1 cm³/mol. The summed E-state index contributed by atoms with van der Waals surface area (Å²) in [6.45, 7) is 0. The van der Waals surface area contributed by atoms with Gasteiger partial charge in [0.15, 0.2) is 5.95 Å². The minimum Gasteiger partial charge on any atom is -0.369 e. The normalized spacial score (nSPS) is 10.4. The van der Waals surface area contributed by atoms with Crippen LogP contribution in [-0.2, 0) is 0 Å². The Hall–Kier alpha value is -1.000. The van der Waals surface area contributed by atoms with E-state index in [2.05, 4.69) is 25.9 Å². The quantitative estimate of drug-likeness (QED) is 0.838. The Labute approximate surface area is 94.4 Å². The highest BCUT2D eigenvalue weighted by atomic mass is 79.9. The van der Waals surface area contributed by atoms with Crippen molar-refractivity contribution < 1.29 is 0 Å². The van der Waals surface area contributed by atoms with Crippen LogP contribution in [-0.4, -0.2) is 9.97 Å². The Bertz CT molecular complexity index is 447. The number of hydrogen-bond donors (Lipinski definition) is 2. The van der Waals surface area contributed by atoms with Gasteiger partial charge in [0.25, 0.3) is 0 Å². The number of halogens is 2. The molecule has 0 radical (unpaired) electrons. The first-order chi connectivity index (χ1) is 6.68. The smallest absolute Gasteiger partial charge is 0.197 e. The molecule has 1 aromatic carbocycles. The summed E-state index contributed by atoms with van der Waals surface area (Å²) in [7, 11) is 0. The average Bonchev–Trinajstić information content (AvgIpc) is 2.51. The van der Waals surface area contributed by atoms with Gasteiger partial charge in [-0.3, -0.25) is 0 Å². The molecule has 14 heavy (non-hydrogen) atoms. The third-order valence-electron chi connectivity index (χ3n) is 1.83. The topological polar surface area (TPSA) is 54.7 Å². The van der Waals surface area contributed by atoms with Crippen LogP contribution < -0.4 is 5.73 Å². The number of hydrogen-bond acceptors (Lipinski definition) is 2. The highest BCUT2D eigenvalue weighted by molar-refractivity contribution is 9.10. The summed E-state index contributed by atoms with van der Waals surface area (Å²) in [5.74, 6) is 0.381. The minimum absolute atomic E-state index is 0.381. The maximum absolute atomic E-state index is 6.05. The third kappa shape index (κ3) is 1.63. The zero-order valence-corrected chi connectivity index (χ0v) is 9.43. The molecule has 5 heteroatoms. The Kier molecular flexibility index (Phi) is 2.48. The lowest BCUT2D eigenvalue weighted by atomic mass is 10.2. The molecule has 2 aromatic rings.